The number of para-hydroxylation sites is 1. The molecule has 0 spiro atoms. The van der Waals surface area contributed by atoms with Gasteiger partial charge in [0.25, 0.3) is 0 Å². The first-order valence-electron chi connectivity index (χ1n) is 9.87. The summed E-state index contributed by atoms with van der Waals surface area (Å²) < 4.78 is 11.5. The molecule has 0 saturated heterocycles. The van der Waals surface area contributed by atoms with Crippen LogP contribution in [0.4, 0.5) is 5.82 Å². The molecule has 0 radical (unpaired) electrons. The van der Waals surface area contributed by atoms with Crippen molar-refractivity contribution in [3.63, 3.8) is 0 Å². The Bertz CT molecular complexity index is 1100. The molecule has 2 N–H and O–H groups in total. The summed E-state index contributed by atoms with van der Waals surface area (Å²) in [5.41, 5.74) is 4.33. The second kappa shape index (κ2) is 11.9. The predicted octanol–water partition coefficient (Wildman–Crippen LogP) is 4.88. The quantitative estimate of drug-likeness (QED) is 0.424. The monoisotopic (exact) mass is 509 g/mol. The Labute approximate surface area is 207 Å². The van der Waals surface area contributed by atoms with Gasteiger partial charge in [0.15, 0.2) is 18.7 Å². The van der Waals surface area contributed by atoms with Gasteiger partial charge in [0.05, 0.1) is 12.8 Å². The summed E-state index contributed by atoms with van der Waals surface area (Å²) in [7, 11) is 1.51. The molecule has 0 amide bonds. The number of aliphatic imine (C=N–C) groups is 1. The maximum absolute atomic E-state index is 6.27. The molecule has 33 heavy (non-hydrogen) atoms. The minimum absolute atomic E-state index is 0. The highest BCUT2D eigenvalue weighted by atomic mass is 35.5. The molecule has 1 atom stereocenters. The Balaban J connectivity index is 0.00000306. The summed E-state index contributed by atoms with van der Waals surface area (Å²) in [5.74, 6) is 1.75. The van der Waals surface area contributed by atoms with E-state index in [2.05, 4.69) is 25.8 Å². The number of benzene rings is 2. The fourth-order valence-electron chi connectivity index (χ4n) is 3.08. The lowest BCUT2D eigenvalue weighted by molar-refractivity contribution is 0.109. The van der Waals surface area contributed by atoms with Gasteiger partial charge in [-0.15, -0.1) is 12.4 Å². The van der Waals surface area contributed by atoms with Crippen molar-refractivity contribution in [2.45, 2.75) is 12.5 Å². The van der Waals surface area contributed by atoms with Crippen LogP contribution in [0.15, 0.2) is 59.6 Å². The van der Waals surface area contributed by atoms with Gasteiger partial charge < -0.3 is 14.8 Å². The fraction of sp³-hybridized carbons (Fsp3) is 0.227. The molecule has 0 bridgehead atoms. The molecular formula is C22H22Cl3N5O3. The van der Waals surface area contributed by atoms with E-state index in [-0.39, 0.29) is 25.1 Å². The maximum atomic E-state index is 6.27. The normalized spacial score (nSPS) is 13.4. The minimum atomic E-state index is -0.636. The summed E-state index contributed by atoms with van der Waals surface area (Å²) >= 11 is 12.2. The highest BCUT2D eigenvalue weighted by Gasteiger charge is 2.26. The summed E-state index contributed by atoms with van der Waals surface area (Å²) in [5, 5.41) is 4.52. The predicted molar refractivity (Wildman–Crippen MR) is 131 cm³/mol. The number of nitrogens with zero attached hydrogens (tertiary/aromatic N) is 3. The van der Waals surface area contributed by atoms with Crippen LogP contribution >= 0.6 is 35.6 Å². The van der Waals surface area contributed by atoms with Gasteiger partial charge in [0, 0.05) is 22.7 Å². The zero-order valence-corrected chi connectivity index (χ0v) is 20.0. The largest absolute Gasteiger partial charge is 0.476 e. The van der Waals surface area contributed by atoms with Gasteiger partial charge in [-0.1, -0.05) is 47.5 Å². The third-order valence-corrected chi connectivity index (χ3v) is 5.20. The molecule has 174 valence electrons. The lowest BCUT2D eigenvalue weighted by Gasteiger charge is -2.19. The van der Waals surface area contributed by atoms with Crippen LogP contribution in [0.2, 0.25) is 10.0 Å². The van der Waals surface area contributed by atoms with Crippen LogP contribution in [0.3, 0.4) is 0 Å². The molecular weight excluding hydrogens is 489 g/mol. The average molecular weight is 511 g/mol. The molecule has 4 rings (SSSR count). The van der Waals surface area contributed by atoms with Gasteiger partial charge in [0.1, 0.15) is 11.6 Å². The molecule has 0 saturated carbocycles. The van der Waals surface area contributed by atoms with Gasteiger partial charge in [-0.05, 0) is 36.2 Å². The molecule has 0 aliphatic carbocycles. The van der Waals surface area contributed by atoms with E-state index in [0.717, 1.165) is 5.56 Å². The first kappa shape index (κ1) is 24.9. The maximum Gasteiger partial charge on any atom is 0.318 e. The van der Waals surface area contributed by atoms with Crippen LogP contribution in [0.5, 0.6) is 11.8 Å². The Hall–Kier alpha value is -2.78. The second-order valence-corrected chi connectivity index (χ2v) is 7.65. The van der Waals surface area contributed by atoms with Crippen molar-refractivity contribution in [2.75, 3.05) is 25.7 Å². The standard InChI is InChI=1S/C22H21Cl2N5O3.ClH/c1-30-22-27-18(20(21-26-13-31-29-21)32-16-5-3-2-4-6-16)12-19(28-22)25-10-9-14-7-8-15(23)11-17(14)24;/h2-8,11-12,20H,9-10,13H2,1H3,(H,26,29)(H,25,27,28);1H. The zero-order valence-electron chi connectivity index (χ0n) is 17.6. The fourth-order valence-corrected chi connectivity index (χ4v) is 3.58. The average Bonchev–Trinajstić information content (AvgIpc) is 3.34. The SMILES string of the molecule is COc1nc(NCCc2ccc(Cl)cc2Cl)cc(C(Oc2ccccc2)C2=NCON2)n1.Cl. The Morgan fingerprint density at radius 2 is 1.94 bits per heavy atom. The molecule has 1 aromatic heterocycles. The van der Waals surface area contributed by atoms with E-state index in [1.54, 1.807) is 12.1 Å². The third kappa shape index (κ3) is 6.61. The number of hydroxylamine groups is 1. The van der Waals surface area contributed by atoms with E-state index in [1.807, 2.05) is 42.5 Å². The number of nitrogens with one attached hydrogen (secondary N) is 2. The molecule has 8 nitrogen and oxygen atoms in total. The number of methoxy groups -OCH3 is 1. The number of anilines is 1. The van der Waals surface area contributed by atoms with Crippen molar-refractivity contribution in [3.05, 3.63) is 75.9 Å². The van der Waals surface area contributed by atoms with Gasteiger partial charge in [-0.2, -0.15) is 9.97 Å². The van der Waals surface area contributed by atoms with Crippen LogP contribution in [0.25, 0.3) is 0 Å². The Morgan fingerprint density at radius 3 is 2.64 bits per heavy atom. The molecule has 11 heteroatoms. The summed E-state index contributed by atoms with van der Waals surface area (Å²) in [6.07, 6.45) is 0.0482. The third-order valence-electron chi connectivity index (χ3n) is 4.61. The molecule has 2 aromatic carbocycles. The number of rotatable bonds is 9. The van der Waals surface area contributed by atoms with E-state index < -0.39 is 6.10 Å². The lowest BCUT2D eigenvalue weighted by atomic mass is 10.1. The number of amidine groups is 1. The van der Waals surface area contributed by atoms with Crippen molar-refractivity contribution >= 4 is 47.3 Å². The van der Waals surface area contributed by atoms with Gasteiger partial charge >= 0.3 is 6.01 Å². The van der Waals surface area contributed by atoms with Crippen molar-refractivity contribution in [3.8, 4) is 11.8 Å². The second-order valence-electron chi connectivity index (χ2n) is 6.81. The molecule has 1 unspecified atom stereocenters. The van der Waals surface area contributed by atoms with E-state index in [0.29, 0.717) is 46.1 Å². The van der Waals surface area contributed by atoms with Crippen LogP contribution < -0.4 is 20.3 Å². The van der Waals surface area contributed by atoms with Crippen molar-refractivity contribution in [1.29, 1.82) is 0 Å². The number of hydrogen-bond acceptors (Lipinski definition) is 8. The number of hydrogen-bond donors (Lipinski definition) is 2. The number of aromatic nitrogens is 2. The van der Waals surface area contributed by atoms with E-state index in [4.69, 9.17) is 37.5 Å². The van der Waals surface area contributed by atoms with Crippen LogP contribution in [-0.2, 0) is 11.3 Å². The van der Waals surface area contributed by atoms with E-state index in [9.17, 15) is 0 Å². The van der Waals surface area contributed by atoms with E-state index >= 15 is 0 Å². The van der Waals surface area contributed by atoms with Crippen LogP contribution in [0, 0.1) is 0 Å². The Kier molecular flexibility index (Phi) is 8.96. The Morgan fingerprint density at radius 1 is 1.12 bits per heavy atom. The smallest absolute Gasteiger partial charge is 0.318 e. The van der Waals surface area contributed by atoms with Crippen molar-refractivity contribution in [2.24, 2.45) is 4.99 Å². The first-order valence-corrected chi connectivity index (χ1v) is 10.6. The van der Waals surface area contributed by atoms with Gasteiger partial charge in [-0.25, -0.2) is 10.5 Å². The molecule has 3 aromatic rings. The lowest BCUT2D eigenvalue weighted by Crippen LogP contribution is -2.29. The molecule has 1 aliphatic heterocycles. The topological polar surface area (TPSA) is 89.9 Å². The zero-order chi connectivity index (χ0) is 22.3. The van der Waals surface area contributed by atoms with Crippen LogP contribution in [-0.4, -0.2) is 36.2 Å². The number of ether oxygens (including phenoxy) is 2. The number of halogens is 3. The highest BCUT2D eigenvalue weighted by Crippen LogP contribution is 2.26. The molecule has 0 fully saturated rings. The van der Waals surface area contributed by atoms with Crippen LogP contribution in [0.1, 0.15) is 17.4 Å². The summed E-state index contributed by atoms with van der Waals surface area (Å²) in [4.78, 5) is 18.4. The van der Waals surface area contributed by atoms with Gasteiger partial charge in [0.2, 0.25) is 0 Å². The molecule has 2 heterocycles. The first-order chi connectivity index (χ1) is 15.6. The van der Waals surface area contributed by atoms with E-state index in [1.165, 1.54) is 7.11 Å². The minimum Gasteiger partial charge on any atom is -0.476 e. The van der Waals surface area contributed by atoms with Crippen molar-refractivity contribution < 1.29 is 14.3 Å². The summed E-state index contributed by atoms with van der Waals surface area (Å²) in [6.45, 7) is 0.784. The van der Waals surface area contributed by atoms with Gasteiger partial charge in [-0.3, -0.25) is 4.84 Å². The molecule has 1 aliphatic rings. The highest BCUT2D eigenvalue weighted by molar-refractivity contribution is 6.35. The van der Waals surface area contributed by atoms with Crippen molar-refractivity contribution in [1.82, 2.24) is 15.4 Å². The summed E-state index contributed by atoms with van der Waals surface area (Å²) in [6, 6.07) is 16.9.